The number of aliphatic carboxylic acids is 2. The predicted molar refractivity (Wildman–Crippen MR) is 102 cm³/mol. The van der Waals surface area contributed by atoms with Crippen LogP contribution in [0, 0.1) is 13.8 Å². The highest BCUT2D eigenvalue weighted by atomic mass is 16.5. The van der Waals surface area contributed by atoms with Crippen LogP contribution in [0.5, 0.6) is 5.75 Å². The molecule has 2 N–H and O–H groups in total. The van der Waals surface area contributed by atoms with Gasteiger partial charge < -0.3 is 14.9 Å². The molecule has 2 aromatic rings. The van der Waals surface area contributed by atoms with Crippen molar-refractivity contribution in [2.45, 2.75) is 26.7 Å². The molecule has 0 amide bonds. The minimum atomic E-state index is -1.41. The van der Waals surface area contributed by atoms with E-state index >= 15 is 0 Å². The highest BCUT2D eigenvalue weighted by Crippen LogP contribution is 2.13. The van der Waals surface area contributed by atoms with Gasteiger partial charge in [-0.1, -0.05) is 30.3 Å². The van der Waals surface area contributed by atoms with Crippen LogP contribution in [-0.4, -0.2) is 40.8 Å². The highest BCUT2D eigenvalue weighted by molar-refractivity contribution is 6.33. The van der Waals surface area contributed by atoms with Crippen LogP contribution >= 0.6 is 0 Å². The molecule has 0 radical (unpaired) electrons. The molecule has 0 atom stereocenters. The van der Waals surface area contributed by atoms with E-state index in [9.17, 15) is 19.2 Å². The average molecular weight is 386 g/mol. The molecule has 0 aliphatic heterocycles. The van der Waals surface area contributed by atoms with Gasteiger partial charge >= 0.3 is 11.9 Å². The van der Waals surface area contributed by atoms with Crippen LogP contribution in [0.25, 0.3) is 0 Å². The van der Waals surface area contributed by atoms with Gasteiger partial charge in [0.2, 0.25) is 11.6 Å². The minimum absolute atomic E-state index is 0.0313. The molecule has 0 fully saturated rings. The molecule has 0 aliphatic carbocycles. The van der Waals surface area contributed by atoms with Crippen LogP contribution < -0.4 is 4.74 Å². The molecule has 0 spiro atoms. The summed E-state index contributed by atoms with van der Waals surface area (Å²) >= 11 is 0. The standard InChI is InChI=1S/C11H12O3.C10H10O4/c1-7-3-4-9(5-8(7)2)6-10(12)11(13)14;1-14-8-4-2-3-7(5-8)6-9(11)10(12)13/h3-5H,6H2,1-2H3,(H,13,14);2-5H,6H2,1H3,(H,12,13). The number of carbonyl (C=O) groups excluding carboxylic acids is 2. The summed E-state index contributed by atoms with van der Waals surface area (Å²) in [5, 5.41) is 16.8. The average Bonchev–Trinajstić information content (AvgIpc) is 2.65. The zero-order valence-corrected chi connectivity index (χ0v) is 15.9. The molecule has 0 aromatic heterocycles. The fraction of sp³-hybridized carbons (Fsp3) is 0.238. The number of hydrogen-bond acceptors (Lipinski definition) is 5. The summed E-state index contributed by atoms with van der Waals surface area (Å²) in [6.07, 6.45) is -0.136. The fourth-order valence-corrected chi connectivity index (χ4v) is 2.22. The van der Waals surface area contributed by atoms with Crippen molar-refractivity contribution in [2.24, 2.45) is 0 Å². The molecule has 0 saturated carbocycles. The Morgan fingerprint density at radius 3 is 1.79 bits per heavy atom. The minimum Gasteiger partial charge on any atom is -0.497 e. The lowest BCUT2D eigenvalue weighted by Crippen LogP contribution is -2.15. The number of carboxylic acids is 2. The molecule has 0 bridgehead atoms. The summed E-state index contributed by atoms with van der Waals surface area (Å²) in [5.74, 6) is -3.76. The summed E-state index contributed by atoms with van der Waals surface area (Å²) < 4.78 is 4.94. The Kier molecular flexibility index (Phi) is 8.55. The SMILES string of the molecule is COc1cccc(CC(=O)C(=O)O)c1.Cc1ccc(CC(=O)C(=O)O)cc1C. The van der Waals surface area contributed by atoms with E-state index in [1.165, 1.54) is 7.11 Å². The Balaban J connectivity index is 0.000000280. The third-order valence-electron chi connectivity index (χ3n) is 3.91. The van der Waals surface area contributed by atoms with Crippen molar-refractivity contribution in [1.82, 2.24) is 0 Å². The zero-order valence-electron chi connectivity index (χ0n) is 15.9. The van der Waals surface area contributed by atoms with Gasteiger partial charge in [-0.15, -0.1) is 0 Å². The topological polar surface area (TPSA) is 118 Å². The van der Waals surface area contributed by atoms with E-state index in [4.69, 9.17) is 14.9 Å². The molecule has 28 heavy (non-hydrogen) atoms. The van der Waals surface area contributed by atoms with Gasteiger partial charge in [-0.3, -0.25) is 9.59 Å². The van der Waals surface area contributed by atoms with Crippen LogP contribution in [0.4, 0.5) is 0 Å². The van der Waals surface area contributed by atoms with Crippen LogP contribution in [0.1, 0.15) is 22.3 Å². The van der Waals surface area contributed by atoms with Crippen LogP contribution in [0.2, 0.25) is 0 Å². The van der Waals surface area contributed by atoms with Crippen molar-refractivity contribution in [3.8, 4) is 5.75 Å². The number of ether oxygens (including phenoxy) is 1. The van der Waals surface area contributed by atoms with Crippen molar-refractivity contribution in [3.05, 3.63) is 64.7 Å². The van der Waals surface area contributed by atoms with Crippen molar-refractivity contribution < 1.29 is 34.1 Å². The monoisotopic (exact) mass is 386 g/mol. The number of rotatable bonds is 7. The molecule has 0 heterocycles. The van der Waals surface area contributed by atoms with Gasteiger partial charge in [-0.2, -0.15) is 0 Å². The molecule has 0 saturated heterocycles. The first-order chi connectivity index (χ1) is 13.1. The molecule has 7 heteroatoms. The maximum Gasteiger partial charge on any atom is 0.372 e. The molecule has 148 valence electrons. The van der Waals surface area contributed by atoms with Gasteiger partial charge in [0.05, 0.1) is 7.11 Å². The second-order valence-electron chi connectivity index (χ2n) is 6.08. The Morgan fingerprint density at radius 2 is 1.32 bits per heavy atom. The Labute approximate surface area is 162 Å². The van der Waals surface area contributed by atoms with Crippen LogP contribution in [-0.2, 0) is 32.0 Å². The second kappa shape index (κ2) is 10.6. The quantitative estimate of drug-likeness (QED) is 0.702. The maximum absolute atomic E-state index is 10.9. The molecule has 0 unspecified atom stereocenters. The van der Waals surface area contributed by atoms with E-state index < -0.39 is 23.5 Å². The predicted octanol–water partition coefficient (Wildman–Crippen LogP) is 2.39. The first-order valence-corrected chi connectivity index (χ1v) is 8.35. The lowest BCUT2D eigenvalue weighted by Gasteiger charge is -2.02. The lowest BCUT2D eigenvalue weighted by molar-refractivity contribution is -0.148. The number of methoxy groups -OCH3 is 1. The van der Waals surface area contributed by atoms with Gasteiger partial charge in [0.25, 0.3) is 0 Å². The number of hydrogen-bond donors (Lipinski definition) is 2. The van der Waals surface area contributed by atoms with E-state index in [0.717, 1.165) is 16.7 Å². The van der Waals surface area contributed by atoms with Gasteiger partial charge in [0.15, 0.2) is 0 Å². The Hall–Kier alpha value is -3.48. The van der Waals surface area contributed by atoms with Crippen molar-refractivity contribution >= 4 is 23.5 Å². The van der Waals surface area contributed by atoms with Gasteiger partial charge in [-0.25, -0.2) is 9.59 Å². The Bertz CT molecular complexity index is 884. The number of ketones is 2. The molecule has 0 aliphatic rings. The first kappa shape index (κ1) is 22.6. The molecule has 2 aromatic carbocycles. The second-order valence-corrected chi connectivity index (χ2v) is 6.08. The van der Waals surface area contributed by atoms with Crippen molar-refractivity contribution in [2.75, 3.05) is 7.11 Å². The number of carbonyl (C=O) groups is 4. The summed E-state index contributed by atoms with van der Waals surface area (Å²) in [7, 11) is 1.51. The van der Waals surface area contributed by atoms with E-state index in [0.29, 0.717) is 11.3 Å². The fourth-order valence-electron chi connectivity index (χ4n) is 2.22. The summed E-state index contributed by atoms with van der Waals surface area (Å²) in [6.45, 7) is 3.90. The van der Waals surface area contributed by atoms with E-state index in [2.05, 4.69) is 0 Å². The van der Waals surface area contributed by atoms with Crippen molar-refractivity contribution in [1.29, 1.82) is 0 Å². The number of carboxylic acid groups (broad SMARTS) is 2. The summed E-state index contributed by atoms with van der Waals surface area (Å²) in [6, 6.07) is 12.3. The van der Waals surface area contributed by atoms with Gasteiger partial charge in [-0.05, 0) is 48.2 Å². The van der Waals surface area contributed by atoms with Crippen molar-refractivity contribution in [3.63, 3.8) is 0 Å². The Morgan fingerprint density at radius 1 is 0.786 bits per heavy atom. The number of aryl methyl sites for hydroxylation is 2. The van der Waals surface area contributed by atoms with E-state index in [-0.39, 0.29) is 12.8 Å². The van der Waals surface area contributed by atoms with E-state index in [1.54, 1.807) is 30.3 Å². The largest absolute Gasteiger partial charge is 0.497 e. The van der Waals surface area contributed by atoms with Crippen LogP contribution in [0.15, 0.2) is 42.5 Å². The third kappa shape index (κ3) is 7.41. The number of benzene rings is 2. The smallest absolute Gasteiger partial charge is 0.372 e. The lowest BCUT2D eigenvalue weighted by atomic mass is 10.0. The summed E-state index contributed by atoms with van der Waals surface area (Å²) in [4.78, 5) is 42.4. The highest BCUT2D eigenvalue weighted by Gasteiger charge is 2.12. The molecule has 7 nitrogen and oxygen atoms in total. The van der Waals surface area contributed by atoms with Gasteiger partial charge in [0, 0.05) is 12.8 Å². The molecular weight excluding hydrogens is 364 g/mol. The van der Waals surface area contributed by atoms with Gasteiger partial charge in [0.1, 0.15) is 5.75 Å². The third-order valence-corrected chi connectivity index (χ3v) is 3.91. The number of Topliss-reactive ketones (excluding diaryl/α,β-unsaturated/α-hetero) is 2. The van der Waals surface area contributed by atoms with E-state index in [1.807, 2.05) is 26.0 Å². The molecule has 2 rings (SSSR count). The summed E-state index contributed by atoms with van der Waals surface area (Å²) in [5.41, 5.74) is 3.59. The maximum atomic E-state index is 10.9. The zero-order chi connectivity index (χ0) is 21.3. The van der Waals surface area contributed by atoms with Crippen LogP contribution in [0.3, 0.4) is 0 Å². The first-order valence-electron chi connectivity index (χ1n) is 8.35. The normalized spacial score (nSPS) is 9.68. The molecular formula is C21H22O7.